The lowest BCUT2D eigenvalue weighted by Gasteiger charge is -2.11. The predicted octanol–water partition coefficient (Wildman–Crippen LogP) is -0.475. The Bertz CT molecular complexity index is 336. The highest BCUT2D eigenvalue weighted by molar-refractivity contribution is 7.86. The molecule has 92 valence electrons. The smallest absolute Gasteiger partial charge is 0.264 e. The zero-order valence-electron chi connectivity index (χ0n) is 8.34. The minimum Gasteiger partial charge on any atom is -0.270 e. The van der Waals surface area contributed by atoms with Gasteiger partial charge >= 0.3 is 0 Å². The molecule has 15 heavy (non-hydrogen) atoms. The average molecular weight is 264 g/mol. The van der Waals surface area contributed by atoms with E-state index >= 15 is 0 Å². The fourth-order valence-electron chi connectivity index (χ4n) is 0.577. The Labute approximate surface area is 88.6 Å². The van der Waals surface area contributed by atoms with Gasteiger partial charge in [-0.2, -0.15) is 16.8 Å². The first-order chi connectivity index (χ1) is 6.64. The number of alkyl halides is 1. The Morgan fingerprint density at radius 2 is 1.33 bits per heavy atom. The molecule has 0 aromatic carbocycles. The van der Waals surface area contributed by atoms with Crippen molar-refractivity contribution in [2.45, 2.75) is 0 Å². The predicted molar refractivity (Wildman–Crippen MR) is 51.1 cm³/mol. The Kier molecular flexibility index (Phi) is 5.63. The van der Waals surface area contributed by atoms with Crippen LogP contribution in [0.4, 0.5) is 4.39 Å². The van der Waals surface area contributed by atoms with Crippen molar-refractivity contribution in [3.8, 4) is 0 Å². The summed E-state index contributed by atoms with van der Waals surface area (Å²) >= 11 is 0. The molecular formula is C6H13FO6S2. The highest BCUT2D eigenvalue weighted by Gasteiger charge is 2.15. The molecule has 9 heteroatoms. The molecule has 0 N–H and O–H groups in total. The van der Waals surface area contributed by atoms with Gasteiger partial charge < -0.3 is 0 Å². The van der Waals surface area contributed by atoms with Crippen LogP contribution in [0.25, 0.3) is 0 Å². The SMILES string of the molecule is CS(=O)(=O)OCC(CF)COS(C)(=O)=O. The normalized spacial score (nSPS) is 13.3. The van der Waals surface area contributed by atoms with Gasteiger partial charge in [-0.15, -0.1) is 0 Å². The number of halogens is 1. The summed E-state index contributed by atoms with van der Waals surface area (Å²) in [4.78, 5) is 0. The Balaban J connectivity index is 4.05. The van der Waals surface area contributed by atoms with Crippen molar-refractivity contribution >= 4 is 20.2 Å². The van der Waals surface area contributed by atoms with E-state index in [1.165, 1.54) is 0 Å². The van der Waals surface area contributed by atoms with Crippen LogP contribution in [-0.2, 0) is 28.6 Å². The molecule has 0 aliphatic rings. The van der Waals surface area contributed by atoms with E-state index in [4.69, 9.17) is 0 Å². The minimum absolute atomic E-state index is 0.440. The number of rotatable bonds is 7. The van der Waals surface area contributed by atoms with Crippen molar-refractivity contribution in [2.24, 2.45) is 5.92 Å². The molecule has 6 nitrogen and oxygen atoms in total. The lowest BCUT2D eigenvalue weighted by atomic mass is 10.2. The van der Waals surface area contributed by atoms with Crippen LogP contribution in [0.5, 0.6) is 0 Å². The van der Waals surface area contributed by atoms with Crippen molar-refractivity contribution in [3.05, 3.63) is 0 Å². The van der Waals surface area contributed by atoms with Crippen LogP contribution in [0, 0.1) is 5.92 Å². The third-order valence-corrected chi connectivity index (χ3v) is 2.38. The van der Waals surface area contributed by atoms with E-state index in [1.54, 1.807) is 0 Å². The van der Waals surface area contributed by atoms with Crippen molar-refractivity contribution in [1.82, 2.24) is 0 Å². The highest BCUT2D eigenvalue weighted by atomic mass is 32.2. The van der Waals surface area contributed by atoms with Crippen LogP contribution in [0.15, 0.2) is 0 Å². The Morgan fingerprint density at radius 3 is 1.53 bits per heavy atom. The molecule has 0 aromatic heterocycles. The van der Waals surface area contributed by atoms with Crippen molar-refractivity contribution in [2.75, 3.05) is 32.4 Å². The summed E-state index contributed by atoms with van der Waals surface area (Å²) in [7, 11) is -7.31. The van der Waals surface area contributed by atoms with Gasteiger partial charge in [0.05, 0.1) is 32.4 Å². The molecule has 0 saturated heterocycles. The first-order valence-corrected chi connectivity index (χ1v) is 7.52. The van der Waals surface area contributed by atoms with Crippen LogP contribution >= 0.6 is 0 Å². The molecule has 0 heterocycles. The third kappa shape index (κ3) is 10.0. The van der Waals surface area contributed by atoms with Gasteiger partial charge in [-0.25, -0.2) is 0 Å². The second-order valence-electron chi connectivity index (χ2n) is 3.00. The van der Waals surface area contributed by atoms with E-state index < -0.39 is 46.0 Å². The molecule has 0 amide bonds. The van der Waals surface area contributed by atoms with Crippen molar-refractivity contribution in [1.29, 1.82) is 0 Å². The van der Waals surface area contributed by atoms with Crippen LogP contribution in [0.1, 0.15) is 0 Å². The second-order valence-corrected chi connectivity index (χ2v) is 6.29. The van der Waals surface area contributed by atoms with E-state index in [0.29, 0.717) is 0 Å². The zero-order chi connectivity index (χ0) is 12.1. The second kappa shape index (κ2) is 5.73. The van der Waals surface area contributed by atoms with Gasteiger partial charge in [-0.3, -0.25) is 12.8 Å². The summed E-state index contributed by atoms with van der Waals surface area (Å²) in [5, 5.41) is 0. The van der Waals surface area contributed by atoms with Crippen LogP contribution in [0.3, 0.4) is 0 Å². The van der Waals surface area contributed by atoms with E-state index in [-0.39, 0.29) is 0 Å². The summed E-state index contributed by atoms with van der Waals surface area (Å²) in [5.41, 5.74) is 0. The van der Waals surface area contributed by atoms with Crippen LogP contribution in [-0.4, -0.2) is 49.2 Å². The average Bonchev–Trinajstić information content (AvgIpc) is 2.00. The van der Waals surface area contributed by atoms with E-state index in [2.05, 4.69) is 8.37 Å². The summed E-state index contributed by atoms with van der Waals surface area (Å²) in [6.45, 7) is -1.80. The zero-order valence-corrected chi connectivity index (χ0v) is 9.98. The standard InChI is InChI=1S/C6H13FO6S2/c1-14(8,9)12-4-6(3-7)5-13-15(2,10)11/h6H,3-5H2,1-2H3. The van der Waals surface area contributed by atoms with Gasteiger partial charge in [0.15, 0.2) is 0 Å². The third-order valence-electron chi connectivity index (χ3n) is 1.25. The largest absolute Gasteiger partial charge is 0.270 e. The lowest BCUT2D eigenvalue weighted by molar-refractivity contribution is 0.161. The van der Waals surface area contributed by atoms with Crippen LogP contribution in [0.2, 0.25) is 0 Å². The molecule has 0 bridgehead atoms. The van der Waals surface area contributed by atoms with Gasteiger partial charge in [0.1, 0.15) is 0 Å². The quantitative estimate of drug-likeness (QED) is 0.577. The molecule has 0 rings (SSSR count). The Hall–Kier alpha value is -0.250. The lowest BCUT2D eigenvalue weighted by Crippen LogP contribution is -2.22. The maximum atomic E-state index is 12.3. The maximum absolute atomic E-state index is 12.3. The summed E-state index contributed by atoms with van der Waals surface area (Å²) in [5.74, 6) is -0.922. The maximum Gasteiger partial charge on any atom is 0.264 e. The Morgan fingerprint density at radius 1 is 1.00 bits per heavy atom. The van der Waals surface area contributed by atoms with E-state index in [0.717, 1.165) is 12.5 Å². The van der Waals surface area contributed by atoms with Gasteiger partial charge in [0, 0.05) is 5.92 Å². The first-order valence-electron chi connectivity index (χ1n) is 3.89. The van der Waals surface area contributed by atoms with Gasteiger partial charge in [-0.05, 0) is 0 Å². The summed E-state index contributed by atoms with van der Waals surface area (Å²) in [6.07, 6.45) is 1.64. The molecule has 0 atom stereocenters. The molecule has 0 aliphatic heterocycles. The topological polar surface area (TPSA) is 86.7 Å². The van der Waals surface area contributed by atoms with Crippen LogP contribution < -0.4 is 0 Å². The van der Waals surface area contributed by atoms with Gasteiger partial charge in [-0.1, -0.05) is 0 Å². The number of hydrogen-bond donors (Lipinski definition) is 0. The molecular weight excluding hydrogens is 251 g/mol. The first kappa shape index (κ1) is 14.8. The van der Waals surface area contributed by atoms with E-state index in [1.807, 2.05) is 0 Å². The van der Waals surface area contributed by atoms with Crippen molar-refractivity contribution < 1.29 is 29.6 Å². The van der Waals surface area contributed by atoms with Gasteiger partial charge in [0.2, 0.25) is 0 Å². The fourth-order valence-corrected chi connectivity index (χ4v) is 1.46. The number of hydrogen-bond acceptors (Lipinski definition) is 6. The monoisotopic (exact) mass is 264 g/mol. The molecule has 0 aromatic rings. The summed E-state index contributed by atoms with van der Waals surface area (Å²) < 4.78 is 63.1. The summed E-state index contributed by atoms with van der Waals surface area (Å²) in [6, 6.07) is 0. The fraction of sp³-hybridized carbons (Fsp3) is 1.00. The van der Waals surface area contributed by atoms with E-state index in [9.17, 15) is 21.2 Å². The molecule has 0 unspecified atom stereocenters. The minimum atomic E-state index is -3.65. The van der Waals surface area contributed by atoms with Crippen molar-refractivity contribution in [3.63, 3.8) is 0 Å². The highest BCUT2D eigenvalue weighted by Crippen LogP contribution is 2.04. The molecule has 0 aliphatic carbocycles. The van der Waals surface area contributed by atoms with Gasteiger partial charge in [0.25, 0.3) is 20.2 Å². The molecule has 0 radical (unpaired) electrons. The molecule has 0 spiro atoms. The molecule has 0 fully saturated rings. The molecule has 0 saturated carbocycles.